The van der Waals surface area contributed by atoms with Crippen molar-refractivity contribution in [3.63, 3.8) is 0 Å². The lowest BCUT2D eigenvalue weighted by Gasteiger charge is -2.17. The third-order valence-electron chi connectivity index (χ3n) is 18.1. The molecule has 0 aliphatic rings. The fourth-order valence-electron chi connectivity index (χ4n) is 12.3. The Morgan fingerprint density at radius 2 is 0.664 bits per heavy atom. The lowest BCUT2D eigenvalue weighted by atomic mass is 10.1. The van der Waals surface area contributed by atoms with Crippen LogP contribution >= 0.6 is 45.3 Å². The summed E-state index contributed by atoms with van der Waals surface area (Å²) in [5.41, 5.74) is 12.2. The normalized spacial score (nSPS) is 10.6. The van der Waals surface area contributed by atoms with Crippen molar-refractivity contribution in [1.82, 2.24) is 39.9 Å². The van der Waals surface area contributed by atoms with Crippen molar-refractivity contribution in [3.05, 3.63) is 270 Å². The van der Waals surface area contributed by atoms with E-state index in [1.54, 1.807) is 83.0 Å². The number of rotatable bonds is 34. The summed E-state index contributed by atoms with van der Waals surface area (Å²) in [5, 5.41) is 54.9. The van der Waals surface area contributed by atoms with Crippen molar-refractivity contribution in [2.45, 2.75) is 85.5 Å². The summed E-state index contributed by atoms with van der Waals surface area (Å²) in [5.74, 6) is 1.96. The first kappa shape index (κ1) is 87.9. The number of thiophene rings is 4. The zero-order valence-corrected chi connectivity index (χ0v) is 70.4. The first-order chi connectivity index (χ1) is 57.6. The van der Waals surface area contributed by atoms with Gasteiger partial charge in [-0.25, -0.2) is 54.3 Å². The van der Waals surface area contributed by atoms with Gasteiger partial charge in [0.15, 0.2) is 43.6 Å². The highest BCUT2D eigenvalue weighted by atomic mass is 32.1. The van der Waals surface area contributed by atoms with Gasteiger partial charge in [0.1, 0.15) is 29.0 Å². The molecule has 13 aromatic rings. The van der Waals surface area contributed by atoms with Gasteiger partial charge in [0.2, 0.25) is 0 Å². The van der Waals surface area contributed by atoms with Gasteiger partial charge < -0.3 is 65.4 Å². The number of hydrogen-bond acceptors (Lipinski definition) is 25. The number of nitrogens with one attached hydrogen (secondary N) is 4. The van der Waals surface area contributed by atoms with E-state index < -0.39 is 23.9 Å². The fraction of sp³-hybridized carbons (Fsp3) is 0.200. The van der Waals surface area contributed by atoms with Gasteiger partial charge in [0.25, 0.3) is 0 Å². The van der Waals surface area contributed by atoms with Crippen molar-refractivity contribution in [2.75, 3.05) is 56.8 Å². The van der Waals surface area contributed by atoms with E-state index in [0.717, 1.165) is 156 Å². The third-order valence-corrected chi connectivity index (χ3v) is 22.3. The van der Waals surface area contributed by atoms with Gasteiger partial charge in [-0.1, -0.05) is 122 Å². The second-order valence-corrected chi connectivity index (χ2v) is 30.1. The Kier molecular flexibility index (Phi) is 31.3. The monoisotopic (exact) mass is 1670 g/mol. The van der Waals surface area contributed by atoms with E-state index in [9.17, 15) is 29.4 Å². The lowest BCUT2D eigenvalue weighted by Crippen LogP contribution is -2.08. The third kappa shape index (κ3) is 22.8. The van der Waals surface area contributed by atoms with Crippen LogP contribution in [0, 0.1) is 0 Å². The minimum Gasteiger partial charge on any atom is -0.495 e. The van der Waals surface area contributed by atoms with Gasteiger partial charge in [-0.05, 0) is 195 Å². The van der Waals surface area contributed by atoms with E-state index in [4.69, 9.17) is 73.8 Å². The molecule has 0 unspecified atom stereocenters. The van der Waals surface area contributed by atoms with Gasteiger partial charge >= 0.3 is 23.9 Å². The Bertz CT molecular complexity index is 5800. The van der Waals surface area contributed by atoms with Crippen LogP contribution in [0.25, 0.3) is 53.6 Å². The predicted molar refractivity (Wildman–Crippen MR) is 476 cm³/mol. The molecule has 0 amide bonds. The number of aryl methyl sites for hydroxylation is 4. The maximum absolute atomic E-state index is 11.3. The maximum atomic E-state index is 11.3. The second-order valence-electron chi connectivity index (χ2n) is 25.9. The molecule has 8 N–H and O–H groups in total. The molecule has 8 heterocycles. The Balaban J connectivity index is 0.000000167. The zero-order valence-electron chi connectivity index (χ0n) is 67.1. The molecule has 13 rings (SSSR count). The number of carboxylic acid groups (broad SMARTS) is 4. The first-order valence-corrected chi connectivity index (χ1v) is 40.9. The summed E-state index contributed by atoms with van der Waals surface area (Å²) >= 11 is 5.95. The van der Waals surface area contributed by atoms with Crippen LogP contribution in [0.2, 0.25) is 0 Å². The molecule has 0 saturated carbocycles. The number of fused-ring (bicyclic) bond motifs is 1. The van der Waals surface area contributed by atoms with E-state index in [1.807, 2.05) is 116 Å². The van der Waals surface area contributed by atoms with Crippen LogP contribution in [-0.4, -0.2) is 120 Å². The second kappa shape index (κ2) is 42.4. The lowest BCUT2D eigenvalue weighted by molar-refractivity contribution is -0.136. The van der Waals surface area contributed by atoms with Crippen molar-refractivity contribution in [3.8, 4) is 68.8 Å². The number of benzene rings is 5. The summed E-state index contributed by atoms with van der Waals surface area (Å²) in [4.78, 5) is 86.3. The van der Waals surface area contributed by atoms with Crippen LogP contribution in [0.1, 0.15) is 109 Å². The molecule has 0 saturated heterocycles. The Hall–Kier alpha value is -13.5. The molecule has 0 aliphatic carbocycles. The summed E-state index contributed by atoms with van der Waals surface area (Å²) in [6.45, 7) is 23.7. The molecule has 0 aliphatic heterocycles. The number of carbonyl (C=O) groups is 4. The standard InChI is InChI=1S/C25H23N3O3S.C22H23N3O4S.C22H23N3O3S.C21H21N3O3S/c1-4-6-19-20(5-2)27-24(21-11-12-22(31-3)32-21)28-23(19)26-18-10-9-15-13-17(25(29)30)8-7-16(15)14-18;1-5-7-14-15(6-2)23-21(18-10-11-19(29-4)30-18)25-20(14)24-16-9-8-13(22(26)27)12-17(16)28-3;1-4-6-16-17(5-2)24-22(18-11-12-20(28-3)29-18)25-21(16)23-15-9-7-14(8-10-15)13-19(26)27;1-4-6-15-16(5-2)23-20(17-11-12-18(27-3)28-17)24-19(15)22-14-9-7-13(8-10-14)21(25)26/h4,7-14H,1,5-6H2,2-3H3,(H,29,30)(H,26,27,28);5,8-12H,1,6-7H2,2-4H3,(H,26,27)(H,23,24,25);4,7-12H,1,5-6,13H2,2-3H3,(H,26,27)(H,23,24,25);4,7-12H,1,5-6H2,2-3H3,(H,25,26)(H,22,23,24). The number of anilines is 8. The van der Waals surface area contributed by atoms with Crippen LogP contribution in [0.15, 0.2) is 202 Å². The van der Waals surface area contributed by atoms with Gasteiger partial charge in [0.05, 0.1) is 83.9 Å². The highest BCUT2D eigenvalue weighted by Gasteiger charge is 2.23. The molecule has 25 nitrogen and oxygen atoms in total. The van der Waals surface area contributed by atoms with Gasteiger partial charge in [-0.15, -0.1) is 26.3 Å². The van der Waals surface area contributed by atoms with E-state index in [-0.39, 0.29) is 23.1 Å². The summed E-state index contributed by atoms with van der Waals surface area (Å²) in [6.07, 6.45) is 12.9. The van der Waals surface area contributed by atoms with E-state index in [1.165, 1.54) is 64.6 Å². The van der Waals surface area contributed by atoms with Crippen LogP contribution < -0.4 is 45.0 Å². The number of aliphatic carboxylic acids is 1. The average Bonchev–Trinajstić information content (AvgIpc) is 1.49. The number of hydrogen-bond donors (Lipinski definition) is 8. The number of methoxy groups -OCH3 is 5. The fourth-order valence-corrected chi connectivity index (χ4v) is 15.3. The highest BCUT2D eigenvalue weighted by molar-refractivity contribution is 7.18. The summed E-state index contributed by atoms with van der Waals surface area (Å²) in [6, 6.07) is 44.9. The van der Waals surface area contributed by atoms with Crippen molar-refractivity contribution >= 4 is 126 Å². The number of aromatic nitrogens is 8. The Labute approximate surface area is 705 Å². The van der Waals surface area contributed by atoms with Crippen molar-refractivity contribution in [1.29, 1.82) is 0 Å². The first-order valence-electron chi connectivity index (χ1n) is 37.6. The minimum atomic E-state index is -1.02. The topological polar surface area (TPSA) is 347 Å². The minimum absolute atomic E-state index is 0.000156. The average molecular weight is 1680 g/mol. The summed E-state index contributed by atoms with van der Waals surface area (Å²) < 4.78 is 26.6. The molecule has 119 heavy (non-hydrogen) atoms. The Morgan fingerprint density at radius 1 is 0.353 bits per heavy atom. The summed E-state index contributed by atoms with van der Waals surface area (Å²) in [7, 11) is 8.04. The van der Waals surface area contributed by atoms with Crippen LogP contribution in [0.5, 0.6) is 26.0 Å². The van der Waals surface area contributed by atoms with Crippen molar-refractivity contribution in [2.24, 2.45) is 0 Å². The smallest absolute Gasteiger partial charge is 0.335 e. The molecule has 0 spiro atoms. The molecule has 8 aromatic heterocycles. The molecular formula is C90H90N12O13S4. The largest absolute Gasteiger partial charge is 0.495 e. The zero-order chi connectivity index (χ0) is 85.2. The van der Waals surface area contributed by atoms with E-state index >= 15 is 0 Å². The maximum Gasteiger partial charge on any atom is 0.335 e. The molecule has 612 valence electrons. The molecule has 0 fully saturated rings. The quantitative estimate of drug-likeness (QED) is 0.0174. The number of ether oxygens (including phenoxy) is 5. The Morgan fingerprint density at radius 3 is 0.992 bits per heavy atom. The van der Waals surface area contributed by atoms with Crippen molar-refractivity contribution < 1.29 is 63.3 Å². The predicted octanol–water partition coefficient (Wildman–Crippen LogP) is 20.9. The molecule has 0 radical (unpaired) electrons. The molecule has 5 aromatic carbocycles. The van der Waals surface area contributed by atoms with Gasteiger partial charge in [-0.2, -0.15) is 0 Å². The van der Waals surface area contributed by atoms with Crippen LogP contribution in [0.4, 0.5) is 46.0 Å². The van der Waals surface area contributed by atoms with Gasteiger partial charge in [-0.3, -0.25) is 4.79 Å². The number of nitrogens with zero attached hydrogens (tertiary/aromatic N) is 8. The highest BCUT2D eigenvalue weighted by Crippen LogP contribution is 2.40. The number of carboxylic acids is 4. The molecular weight excluding hydrogens is 1590 g/mol. The van der Waals surface area contributed by atoms with Crippen LogP contribution in [-0.2, 0) is 62.6 Å². The van der Waals surface area contributed by atoms with E-state index in [0.29, 0.717) is 72.1 Å². The molecule has 0 bridgehead atoms. The number of allylic oxidation sites excluding steroid dienone is 4. The SMILES string of the molecule is C=CCc1c(CC)nc(-c2ccc(OC)s2)nc1Nc1ccc(C(=O)O)cc1.C=CCc1c(CC)nc(-c2ccc(OC)s2)nc1Nc1ccc(C(=O)O)cc1OC.C=CCc1c(CC)nc(-c2ccc(OC)s2)nc1Nc1ccc(CC(=O)O)cc1.C=CCc1c(CC)nc(-c2ccc(OC)s2)nc1Nc1ccc2cc(C(=O)O)ccc2c1. The number of aromatic carboxylic acids is 3. The van der Waals surface area contributed by atoms with Gasteiger partial charge in [0, 0.05) is 62.1 Å². The van der Waals surface area contributed by atoms with E-state index in [2.05, 4.69) is 68.4 Å². The van der Waals surface area contributed by atoms with Crippen LogP contribution in [0.3, 0.4) is 0 Å². The molecule has 0 atom stereocenters. The molecule has 29 heteroatoms.